The summed E-state index contributed by atoms with van der Waals surface area (Å²) >= 11 is 0. The van der Waals surface area contributed by atoms with Crippen LogP contribution in [0, 0.1) is 34.4 Å². The highest BCUT2D eigenvalue weighted by molar-refractivity contribution is 5.94. The number of fused-ring (bicyclic) bond motifs is 1. The van der Waals surface area contributed by atoms with Crippen molar-refractivity contribution in [2.45, 2.75) is 12.8 Å². The molecule has 0 saturated heterocycles. The highest BCUT2D eigenvalue weighted by Gasteiger charge is 2.18. The van der Waals surface area contributed by atoms with Crippen molar-refractivity contribution < 1.29 is 4.39 Å². The fourth-order valence-corrected chi connectivity index (χ4v) is 2.94. The van der Waals surface area contributed by atoms with E-state index in [1.165, 1.54) is 29.5 Å². The first-order chi connectivity index (χ1) is 13.1. The Morgan fingerprint density at radius 1 is 1.26 bits per heavy atom. The molecule has 0 radical (unpaired) electrons. The molecular formula is C21H18FN5. The Morgan fingerprint density at radius 2 is 2.07 bits per heavy atom. The van der Waals surface area contributed by atoms with Crippen LogP contribution in [-0.4, -0.2) is 22.9 Å². The number of halogens is 1. The first-order valence-corrected chi connectivity index (χ1v) is 8.69. The van der Waals surface area contributed by atoms with E-state index in [0.29, 0.717) is 22.6 Å². The van der Waals surface area contributed by atoms with Gasteiger partial charge in [0.15, 0.2) is 0 Å². The van der Waals surface area contributed by atoms with Crippen LogP contribution in [0.15, 0.2) is 42.5 Å². The molecule has 0 atom stereocenters. The molecule has 5 nitrogen and oxygen atoms in total. The smallest absolute Gasteiger partial charge is 0.229 e. The van der Waals surface area contributed by atoms with Gasteiger partial charge in [-0.05, 0) is 49.2 Å². The van der Waals surface area contributed by atoms with Gasteiger partial charge < -0.3 is 4.90 Å². The summed E-state index contributed by atoms with van der Waals surface area (Å²) in [5.74, 6) is 7.04. The molecule has 0 bridgehead atoms. The van der Waals surface area contributed by atoms with E-state index in [1.54, 1.807) is 6.07 Å². The summed E-state index contributed by atoms with van der Waals surface area (Å²) in [6.45, 7) is 0. The quantitative estimate of drug-likeness (QED) is 0.426. The number of hydrogen-bond donors (Lipinski definition) is 2. The van der Waals surface area contributed by atoms with E-state index in [2.05, 4.69) is 16.8 Å². The van der Waals surface area contributed by atoms with Crippen molar-refractivity contribution in [3.8, 4) is 11.8 Å². The van der Waals surface area contributed by atoms with Gasteiger partial charge in [-0.2, -0.15) is 4.98 Å². The predicted molar refractivity (Wildman–Crippen MR) is 104 cm³/mol. The van der Waals surface area contributed by atoms with E-state index in [-0.39, 0.29) is 5.62 Å². The van der Waals surface area contributed by atoms with Gasteiger partial charge in [0.2, 0.25) is 5.62 Å². The minimum Gasteiger partial charge on any atom is -0.329 e. The number of nitrogens with one attached hydrogen (secondary N) is 2. The maximum Gasteiger partial charge on any atom is 0.229 e. The largest absolute Gasteiger partial charge is 0.329 e. The summed E-state index contributed by atoms with van der Waals surface area (Å²) in [7, 11) is 1.83. The van der Waals surface area contributed by atoms with Crippen molar-refractivity contribution in [2.24, 2.45) is 5.92 Å². The van der Waals surface area contributed by atoms with Crippen LogP contribution >= 0.6 is 0 Å². The molecule has 1 saturated carbocycles. The number of rotatable bonds is 3. The van der Waals surface area contributed by atoms with Gasteiger partial charge in [-0.25, -0.2) is 4.39 Å². The summed E-state index contributed by atoms with van der Waals surface area (Å²) in [5.41, 5.74) is 2.23. The standard InChI is InChI=1S/C21H18FN5/c1-26(17-4-2-3-15(11-17)8-7-14-5-6-14)20-18-12-16(22)9-10-19(18)27(13-23)21(24)25-20/h2-4,9-14,23-24H,5-6H2,1H3. The van der Waals surface area contributed by atoms with Crippen molar-refractivity contribution in [3.05, 3.63) is 59.5 Å². The minimum atomic E-state index is -0.391. The van der Waals surface area contributed by atoms with Crippen LogP contribution in [0.4, 0.5) is 15.9 Å². The molecule has 2 N–H and O–H groups in total. The molecular weight excluding hydrogens is 341 g/mol. The Balaban J connectivity index is 1.83. The van der Waals surface area contributed by atoms with Gasteiger partial charge in [0.25, 0.3) is 0 Å². The van der Waals surface area contributed by atoms with Gasteiger partial charge in [0, 0.05) is 29.6 Å². The third kappa shape index (κ3) is 3.32. The molecule has 4 rings (SSSR count). The van der Waals surface area contributed by atoms with Gasteiger partial charge in [-0.3, -0.25) is 15.4 Å². The van der Waals surface area contributed by atoms with Crippen LogP contribution in [0.25, 0.3) is 10.9 Å². The van der Waals surface area contributed by atoms with Crippen molar-refractivity contribution in [2.75, 3.05) is 11.9 Å². The SMILES string of the molecule is CN(c1cccc(C#CC2CC2)c1)c1nc(=N)n(C=N)c2ccc(F)cc12. The lowest BCUT2D eigenvalue weighted by Crippen LogP contribution is -2.26. The Bertz CT molecular complexity index is 1160. The molecule has 1 heterocycles. The zero-order valence-corrected chi connectivity index (χ0v) is 14.8. The van der Waals surface area contributed by atoms with Crippen molar-refractivity contribution in [1.29, 1.82) is 10.8 Å². The second kappa shape index (κ2) is 6.69. The Hall–Kier alpha value is -3.46. The maximum atomic E-state index is 13.9. The fourth-order valence-electron chi connectivity index (χ4n) is 2.94. The van der Waals surface area contributed by atoms with Gasteiger partial charge >= 0.3 is 0 Å². The Kier molecular flexibility index (Phi) is 4.21. The zero-order valence-electron chi connectivity index (χ0n) is 14.8. The van der Waals surface area contributed by atoms with Gasteiger partial charge in [-0.1, -0.05) is 17.9 Å². The molecule has 0 amide bonds. The van der Waals surface area contributed by atoms with Crippen molar-refractivity contribution >= 4 is 28.7 Å². The lowest BCUT2D eigenvalue weighted by atomic mass is 10.1. The third-order valence-electron chi connectivity index (χ3n) is 4.58. The Morgan fingerprint density at radius 3 is 2.81 bits per heavy atom. The second-order valence-corrected chi connectivity index (χ2v) is 6.57. The molecule has 1 aliphatic carbocycles. The normalized spacial score (nSPS) is 13.1. The summed E-state index contributed by atoms with van der Waals surface area (Å²) in [6.07, 6.45) is 3.36. The van der Waals surface area contributed by atoms with Crippen LogP contribution in [0.5, 0.6) is 0 Å². The molecule has 134 valence electrons. The summed E-state index contributed by atoms with van der Waals surface area (Å²) < 4.78 is 15.2. The Labute approximate surface area is 156 Å². The summed E-state index contributed by atoms with van der Waals surface area (Å²) in [4.78, 5) is 6.12. The van der Waals surface area contributed by atoms with E-state index in [1.807, 2.05) is 36.2 Å². The van der Waals surface area contributed by atoms with Gasteiger partial charge in [0.1, 0.15) is 11.6 Å². The van der Waals surface area contributed by atoms with Crippen molar-refractivity contribution in [3.63, 3.8) is 0 Å². The van der Waals surface area contributed by atoms with Crippen LogP contribution < -0.4 is 10.5 Å². The molecule has 1 aliphatic rings. The number of anilines is 2. The maximum absolute atomic E-state index is 13.9. The van der Waals surface area contributed by atoms with Crippen LogP contribution in [0.1, 0.15) is 18.4 Å². The van der Waals surface area contributed by atoms with E-state index in [9.17, 15) is 4.39 Å². The topological polar surface area (TPSA) is 68.8 Å². The van der Waals surface area contributed by atoms with Gasteiger partial charge in [0.05, 0.1) is 11.9 Å². The van der Waals surface area contributed by atoms with E-state index < -0.39 is 5.82 Å². The molecule has 1 aromatic heterocycles. The molecule has 0 unspecified atom stereocenters. The monoisotopic (exact) mass is 359 g/mol. The molecule has 27 heavy (non-hydrogen) atoms. The lowest BCUT2D eigenvalue weighted by molar-refractivity contribution is 0.629. The summed E-state index contributed by atoms with van der Waals surface area (Å²) in [5, 5.41) is 16.2. The van der Waals surface area contributed by atoms with Crippen molar-refractivity contribution in [1.82, 2.24) is 9.55 Å². The molecule has 0 aliphatic heterocycles. The average molecular weight is 359 g/mol. The number of aromatic nitrogens is 2. The number of benzene rings is 2. The highest BCUT2D eigenvalue weighted by Crippen LogP contribution is 2.30. The highest BCUT2D eigenvalue weighted by atomic mass is 19.1. The molecule has 2 aromatic carbocycles. The molecule has 1 fully saturated rings. The predicted octanol–water partition coefficient (Wildman–Crippen LogP) is 3.64. The number of hydrogen-bond acceptors (Lipinski definition) is 4. The van der Waals surface area contributed by atoms with E-state index >= 15 is 0 Å². The van der Waals surface area contributed by atoms with Gasteiger partial charge in [-0.15, -0.1) is 0 Å². The zero-order chi connectivity index (χ0) is 19.0. The second-order valence-electron chi connectivity index (χ2n) is 6.57. The fraction of sp³-hybridized carbons (Fsp3) is 0.190. The van der Waals surface area contributed by atoms with E-state index in [0.717, 1.165) is 17.6 Å². The number of nitrogens with zero attached hydrogens (tertiary/aromatic N) is 3. The third-order valence-corrected chi connectivity index (χ3v) is 4.58. The summed E-state index contributed by atoms with van der Waals surface area (Å²) in [6, 6.07) is 12.0. The molecule has 3 aromatic rings. The molecule has 0 spiro atoms. The first kappa shape index (κ1) is 17.0. The lowest BCUT2D eigenvalue weighted by Gasteiger charge is -2.21. The van der Waals surface area contributed by atoms with Crippen LogP contribution in [0.3, 0.4) is 0 Å². The average Bonchev–Trinajstić information content (AvgIpc) is 3.50. The van der Waals surface area contributed by atoms with Crippen LogP contribution in [-0.2, 0) is 0 Å². The van der Waals surface area contributed by atoms with E-state index in [4.69, 9.17) is 10.8 Å². The first-order valence-electron chi connectivity index (χ1n) is 8.69. The van der Waals surface area contributed by atoms with Crippen LogP contribution in [0.2, 0.25) is 0 Å². The minimum absolute atomic E-state index is 0.0874. The molecule has 6 heteroatoms.